The van der Waals surface area contributed by atoms with Crippen molar-refractivity contribution in [2.24, 2.45) is 41.4 Å². The molecule has 3 saturated carbocycles. The first-order valence-electron chi connectivity index (χ1n) is 12.2. The van der Waals surface area contributed by atoms with Gasteiger partial charge in [-0.05, 0) is 73.5 Å². The first kappa shape index (κ1) is 26.0. The Morgan fingerprint density at radius 1 is 0.464 bits per heavy atom. The molecule has 0 radical (unpaired) electrons. The number of rotatable bonds is 2. The molecule has 168 valence electrons. The molecule has 0 bridgehead atoms. The molecule has 0 aromatic rings. The van der Waals surface area contributed by atoms with Gasteiger partial charge in [-0.1, -0.05) is 67.7 Å². The van der Waals surface area contributed by atoms with E-state index in [9.17, 15) is 0 Å². The summed E-state index contributed by atoms with van der Waals surface area (Å²) in [4.78, 5) is 0. The third-order valence-electron chi connectivity index (χ3n) is 7.84. The predicted octanol–water partition coefficient (Wildman–Crippen LogP) is 7.60. The molecule has 3 aliphatic rings. The molecular weight excluding hydrogens is 344 g/mol. The van der Waals surface area contributed by atoms with Gasteiger partial charge in [0.1, 0.15) is 0 Å². The van der Waals surface area contributed by atoms with Crippen LogP contribution in [0, 0.1) is 41.4 Å². The molecule has 0 aromatic heterocycles. The van der Waals surface area contributed by atoms with E-state index in [0.29, 0.717) is 12.2 Å². The lowest BCUT2D eigenvalue weighted by molar-refractivity contribution is -0.00973. The number of ether oxygens (including phenoxy) is 2. The molecule has 3 fully saturated rings. The molecule has 9 atom stereocenters. The standard InChI is InChI=1S/C10H20O.C9H18O.C7H14/c1-7-5-8(2)9(3)10(6-7)11-4;1-7-4-5-8(2)9(6-7)10-3;1-6-3-4-7(2)5-6/h7-10H,5-6H2,1-4H3;7-9H,4-6H2,1-3H3;6-7H,3-5H2,1-2H3. The summed E-state index contributed by atoms with van der Waals surface area (Å²) >= 11 is 0. The number of methoxy groups -OCH3 is 2. The maximum absolute atomic E-state index is 5.44. The van der Waals surface area contributed by atoms with Crippen LogP contribution in [0.5, 0.6) is 0 Å². The molecule has 2 heteroatoms. The summed E-state index contributed by atoms with van der Waals surface area (Å²) in [6.45, 7) is 16.3. The topological polar surface area (TPSA) is 18.5 Å². The minimum atomic E-state index is 0.508. The molecule has 0 saturated heterocycles. The van der Waals surface area contributed by atoms with Gasteiger partial charge in [0.2, 0.25) is 0 Å². The Morgan fingerprint density at radius 3 is 1.36 bits per heavy atom. The van der Waals surface area contributed by atoms with Crippen LogP contribution in [0.25, 0.3) is 0 Å². The van der Waals surface area contributed by atoms with Crippen molar-refractivity contribution in [1.29, 1.82) is 0 Å². The van der Waals surface area contributed by atoms with Crippen LogP contribution in [0.4, 0.5) is 0 Å². The molecule has 3 rings (SSSR count). The Labute approximate surface area is 177 Å². The first-order valence-corrected chi connectivity index (χ1v) is 12.2. The molecule has 2 nitrogen and oxygen atoms in total. The zero-order valence-electron chi connectivity index (χ0n) is 20.7. The first-order chi connectivity index (χ1) is 13.2. The van der Waals surface area contributed by atoms with Crippen molar-refractivity contribution >= 4 is 0 Å². The Morgan fingerprint density at radius 2 is 0.929 bits per heavy atom. The van der Waals surface area contributed by atoms with Gasteiger partial charge in [-0.25, -0.2) is 0 Å². The van der Waals surface area contributed by atoms with E-state index in [1.54, 1.807) is 0 Å². The van der Waals surface area contributed by atoms with Crippen molar-refractivity contribution in [2.75, 3.05) is 14.2 Å². The van der Waals surface area contributed by atoms with Crippen LogP contribution >= 0.6 is 0 Å². The van der Waals surface area contributed by atoms with Gasteiger partial charge in [-0.3, -0.25) is 0 Å². The second-order valence-corrected chi connectivity index (χ2v) is 10.9. The fourth-order valence-electron chi connectivity index (χ4n) is 5.53. The second kappa shape index (κ2) is 13.3. The molecule has 0 spiro atoms. The largest absolute Gasteiger partial charge is 0.381 e. The molecule has 0 amide bonds. The molecule has 0 heterocycles. The Hall–Kier alpha value is -0.0800. The minimum Gasteiger partial charge on any atom is -0.381 e. The van der Waals surface area contributed by atoms with Gasteiger partial charge in [0, 0.05) is 14.2 Å². The summed E-state index contributed by atoms with van der Waals surface area (Å²) in [5.41, 5.74) is 0. The summed E-state index contributed by atoms with van der Waals surface area (Å²) in [7, 11) is 3.67. The summed E-state index contributed by atoms with van der Waals surface area (Å²) in [6, 6.07) is 0. The van der Waals surface area contributed by atoms with E-state index < -0.39 is 0 Å². The monoisotopic (exact) mass is 396 g/mol. The third-order valence-corrected chi connectivity index (χ3v) is 7.84. The maximum atomic E-state index is 5.44. The molecule has 0 aromatic carbocycles. The molecule has 28 heavy (non-hydrogen) atoms. The highest BCUT2D eigenvalue weighted by Crippen LogP contribution is 2.34. The summed E-state index contributed by atoms with van der Waals surface area (Å²) in [5, 5.41) is 0. The van der Waals surface area contributed by atoms with Crippen LogP contribution < -0.4 is 0 Å². The molecule has 0 aliphatic heterocycles. The fraction of sp³-hybridized carbons (Fsp3) is 1.00. The van der Waals surface area contributed by atoms with E-state index >= 15 is 0 Å². The van der Waals surface area contributed by atoms with Gasteiger partial charge >= 0.3 is 0 Å². The van der Waals surface area contributed by atoms with E-state index in [2.05, 4.69) is 48.5 Å². The van der Waals surface area contributed by atoms with E-state index in [4.69, 9.17) is 9.47 Å². The second-order valence-electron chi connectivity index (χ2n) is 10.9. The SMILES string of the molecule is CC1CCC(C)C1.COC1CC(C)CC(C)C1C.COC1CC(C)CCC1C. The van der Waals surface area contributed by atoms with E-state index in [-0.39, 0.29) is 0 Å². The van der Waals surface area contributed by atoms with Crippen LogP contribution in [0.2, 0.25) is 0 Å². The van der Waals surface area contributed by atoms with Gasteiger partial charge in [-0.15, -0.1) is 0 Å². The Balaban J connectivity index is 0.000000215. The quantitative estimate of drug-likeness (QED) is 0.478. The molecule has 0 N–H and O–H groups in total. The van der Waals surface area contributed by atoms with Gasteiger partial charge < -0.3 is 9.47 Å². The molecular formula is C26H52O2. The Kier molecular flexibility index (Phi) is 12.3. The smallest absolute Gasteiger partial charge is 0.0601 e. The minimum absolute atomic E-state index is 0.508. The molecule has 3 aliphatic carbocycles. The van der Waals surface area contributed by atoms with Crippen LogP contribution in [0.1, 0.15) is 99.8 Å². The van der Waals surface area contributed by atoms with Crippen molar-refractivity contribution < 1.29 is 9.47 Å². The molecule has 9 unspecified atom stereocenters. The van der Waals surface area contributed by atoms with E-state index in [1.165, 1.54) is 51.4 Å². The van der Waals surface area contributed by atoms with Crippen LogP contribution in [-0.2, 0) is 9.47 Å². The van der Waals surface area contributed by atoms with Crippen molar-refractivity contribution in [3.8, 4) is 0 Å². The highest BCUT2D eigenvalue weighted by molar-refractivity contribution is 4.80. The maximum Gasteiger partial charge on any atom is 0.0601 e. The third kappa shape index (κ3) is 9.16. The number of hydrogen-bond acceptors (Lipinski definition) is 2. The van der Waals surface area contributed by atoms with Crippen molar-refractivity contribution in [3.05, 3.63) is 0 Å². The van der Waals surface area contributed by atoms with Gasteiger partial charge in [-0.2, -0.15) is 0 Å². The zero-order chi connectivity index (χ0) is 21.3. The Bertz CT molecular complexity index is 388. The number of hydrogen-bond donors (Lipinski definition) is 0. The van der Waals surface area contributed by atoms with Gasteiger partial charge in [0.15, 0.2) is 0 Å². The lowest BCUT2D eigenvalue weighted by Crippen LogP contribution is -2.33. The summed E-state index contributed by atoms with van der Waals surface area (Å²) < 4.78 is 10.8. The van der Waals surface area contributed by atoms with Crippen molar-refractivity contribution in [2.45, 2.75) is 112 Å². The lowest BCUT2D eigenvalue weighted by Gasteiger charge is -2.36. The summed E-state index contributed by atoms with van der Waals surface area (Å²) in [5.74, 6) is 6.14. The highest BCUT2D eigenvalue weighted by atomic mass is 16.5. The van der Waals surface area contributed by atoms with Crippen LogP contribution in [0.15, 0.2) is 0 Å². The zero-order valence-corrected chi connectivity index (χ0v) is 20.7. The average molecular weight is 397 g/mol. The van der Waals surface area contributed by atoms with Crippen molar-refractivity contribution in [3.63, 3.8) is 0 Å². The van der Waals surface area contributed by atoms with E-state index in [0.717, 1.165) is 41.4 Å². The lowest BCUT2D eigenvalue weighted by atomic mass is 9.75. The van der Waals surface area contributed by atoms with Gasteiger partial charge in [0.05, 0.1) is 12.2 Å². The highest BCUT2D eigenvalue weighted by Gasteiger charge is 2.30. The van der Waals surface area contributed by atoms with E-state index in [1.807, 2.05) is 14.2 Å². The fourth-order valence-corrected chi connectivity index (χ4v) is 5.53. The van der Waals surface area contributed by atoms with Crippen LogP contribution in [-0.4, -0.2) is 26.4 Å². The van der Waals surface area contributed by atoms with Crippen molar-refractivity contribution in [1.82, 2.24) is 0 Å². The normalized spacial score (nSPS) is 43.4. The predicted molar refractivity (Wildman–Crippen MR) is 123 cm³/mol. The van der Waals surface area contributed by atoms with Crippen LogP contribution in [0.3, 0.4) is 0 Å². The van der Waals surface area contributed by atoms with Gasteiger partial charge in [0.25, 0.3) is 0 Å². The average Bonchev–Trinajstić information content (AvgIpc) is 3.04. The summed E-state index contributed by atoms with van der Waals surface area (Å²) in [6.07, 6.45) is 12.1.